The van der Waals surface area contributed by atoms with Crippen LogP contribution >= 0.6 is 7.82 Å². The van der Waals surface area contributed by atoms with Gasteiger partial charge in [0.1, 0.15) is 12.6 Å². The number of aliphatic hydroxyl groups is 3. The van der Waals surface area contributed by atoms with E-state index in [4.69, 9.17) is 24.8 Å². The summed E-state index contributed by atoms with van der Waals surface area (Å²) in [4.78, 5) is 46.0. The summed E-state index contributed by atoms with van der Waals surface area (Å²) in [6.45, 7) is 2.23. The van der Waals surface area contributed by atoms with Gasteiger partial charge in [-0.25, -0.2) is 4.57 Å². The summed E-state index contributed by atoms with van der Waals surface area (Å²) in [6, 6.07) is -1.58. The lowest BCUT2D eigenvalue weighted by molar-refractivity contribution is -0.161. The number of hydrogen-bond acceptors (Lipinski definition) is 12. The van der Waals surface area contributed by atoms with Gasteiger partial charge in [0.25, 0.3) is 0 Å². The number of hydrogen-bond donors (Lipinski definition) is 6. The Morgan fingerprint density at radius 3 is 1.85 bits per heavy atom. The SMILES string of the molecule is CC/C=C\C[C@@H](O)/C=C/C=C/C=C\C=C/[C@H](O)[C@@H](O)CCCC(=O)OC[C@H](COP(=O)(O)OC[C@H](N)C(=O)O)OC(=O)CCCCCCCCC/C=C\CCCCCC. The van der Waals surface area contributed by atoms with E-state index in [0.717, 1.165) is 57.8 Å². The molecule has 0 rings (SSSR count). The van der Waals surface area contributed by atoms with E-state index in [0.29, 0.717) is 12.8 Å². The van der Waals surface area contributed by atoms with E-state index >= 15 is 0 Å². The van der Waals surface area contributed by atoms with Crippen molar-refractivity contribution in [2.24, 2.45) is 5.73 Å². The number of rotatable bonds is 38. The van der Waals surface area contributed by atoms with E-state index in [-0.39, 0.29) is 25.7 Å². The molecule has 59 heavy (non-hydrogen) atoms. The molecule has 338 valence electrons. The van der Waals surface area contributed by atoms with Crippen LogP contribution in [0.15, 0.2) is 72.9 Å². The molecule has 14 nitrogen and oxygen atoms in total. The highest BCUT2D eigenvalue weighted by Crippen LogP contribution is 2.43. The molecule has 7 N–H and O–H groups in total. The van der Waals surface area contributed by atoms with Crippen LogP contribution in [0.4, 0.5) is 0 Å². The number of carbonyl (C=O) groups excluding carboxylic acids is 2. The maximum Gasteiger partial charge on any atom is 0.472 e. The van der Waals surface area contributed by atoms with Crippen molar-refractivity contribution >= 4 is 25.7 Å². The Morgan fingerprint density at radius 1 is 0.661 bits per heavy atom. The number of carboxylic acid groups (broad SMARTS) is 1. The number of unbranched alkanes of at least 4 members (excludes halogenated alkanes) is 11. The summed E-state index contributed by atoms with van der Waals surface area (Å²) in [5.41, 5.74) is 5.31. The van der Waals surface area contributed by atoms with Crippen LogP contribution in [0.3, 0.4) is 0 Å². The lowest BCUT2D eigenvalue weighted by atomic mass is 10.1. The molecule has 0 aromatic rings. The third kappa shape index (κ3) is 36.4. The molecule has 0 saturated carbocycles. The minimum atomic E-state index is -4.80. The molecule has 0 bridgehead atoms. The maximum atomic E-state index is 12.6. The van der Waals surface area contributed by atoms with Crippen LogP contribution in [0.1, 0.15) is 136 Å². The second-order valence-electron chi connectivity index (χ2n) is 14.3. The van der Waals surface area contributed by atoms with E-state index in [1.54, 1.807) is 42.5 Å². The third-order valence-corrected chi connectivity index (χ3v) is 9.73. The molecule has 0 saturated heterocycles. The van der Waals surface area contributed by atoms with Crippen LogP contribution in [-0.4, -0.2) is 93.5 Å². The van der Waals surface area contributed by atoms with Gasteiger partial charge in [0.15, 0.2) is 6.10 Å². The van der Waals surface area contributed by atoms with E-state index in [9.17, 15) is 39.2 Å². The molecule has 1 unspecified atom stereocenters. The van der Waals surface area contributed by atoms with Crippen molar-refractivity contribution in [3.05, 3.63) is 72.9 Å². The standard InChI is InChI=1S/C44H74NO13P/c1-3-5-7-8-9-10-11-12-13-14-15-16-17-22-26-32-43(50)58-38(35-56-59(53,54)57-36-39(45)44(51)52)34-55-42(49)33-27-31-41(48)40(47)30-25-21-19-18-20-24-29-37(46)28-23-6-4-2/h6,10-11,18-21,23-25,29-30,37-41,46-48H,3-5,7-9,12-17,22,26-28,31-36,45H2,1-2H3,(H,51,52)(H,53,54)/b11-10-,20-18+,21-19-,23-6-,29-24+,30-25-/t37-,38-,39+,40+,41+/m1/s1. The number of aliphatic hydroxyl groups excluding tert-OH is 3. The van der Waals surface area contributed by atoms with Crippen molar-refractivity contribution in [1.29, 1.82) is 0 Å². The number of allylic oxidation sites excluding steroid dienone is 9. The monoisotopic (exact) mass is 855 g/mol. The number of carbonyl (C=O) groups is 3. The number of phosphoric acid groups is 1. The fourth-order valence-electron chi connectivity index (χ4n) is 5.28. The van der Waals surface area contributed by atoms with Crippen molar-refractivity contribution in [3.8, 4) is 0 Å². The lowest BCUT2D eigenvalue weighted by Gasteiger charge is -2.20. The lowest BCUT2D eigenvalue weighted by Crippen LogP contribution is -2.34. The average Bonchev–Trinajstić information content (AvgIpc) is 3.20. The van der Waals surface area contributed by atoms with Crippen molar-refractivity contribution in [2.45, 2.75) is 166 Å². The average molecular weight is 856 g/mol. The molecule has 0 spiro atoms. The Morgan fingerprint density at radius 2 is 1.22 bits per heavy atom. The van der Waals surface area contributed by atoms with Gasteiger partial charge in [-0.1, -0.05) is 138 Å². The minimum absolute atomic E-state index is 0.0758. The Bertz CT molecular complexity index is 1330. The predicted molar refractivity (Wildman–Crippen MR) is 230 cm³/mol. The highest BCUT2D eigenvalue weighted by Gasteiger charge is 2.28. The van der Waals surface area contributed by atoms with E-state index in [1.807, 2.05) is 19.1 Å². The molecular weight excluding hydrogens is 781 g/mol. The smallest absolute Gasteiger partial charge is 0.472 e. The second kappa shape index (κ2) is 37.8. The first-order valence-corrected chi connectivity index (χ1v) is 22.8. The summed E-state index contributed by atoms with van der Waals surface area (Å²) in [6.07, 6.45) is 33.4. The fraction of sp³-hybridized carbons (Fsp3) is 0.659. The largest absolute Gasteiger partial charge is 0.480 e. The first-order chi connectivity index (χ1) is 28.3. The van der Waals surface area contributed by atoms with Gasteiger partial charge in [-0.3, -0.25) is 23.4 Å². The van der Waals surface area contributed by atoms with E-state index in [1.165, 1.54) is 31.8 Å². The number of aliphatic carboxylic acids is 1. The third-order valence-electron chi connectivity index (χ3n) is 8.78. The summed E-state index contributed by atoms with van der Waals surface area (Å²) in [5.74, 6) is -2.77. The maximum absolute atomic E-state index is 12.6. The summed E-state index contributed by atoms with van der Waals surface area (Å²) >= 11 is 0. The molecular formula is C44H74NO13P. The molecule has 0 amide bonds. The zero-order chi connectivity index (χ0) is 44.0. The van der Waals surface area contributed by atoms with Gasteiger partial charge in [-0.15, -0.1) is 0 Å². The van der Waals surface area contributed by atoms with Crippen LogP contribution in [0.2, 0.25) is 0 Å². The zero-order valence-electron chi connectivity index (χ0n) is 35.4. The van der Waals surface area contributed by atoms with Gasteiger partial charge in [0, 0.05) is 12.8 Å². The number of phosphoric ester groups is 1. The Labute approximate surface area is 352 Å². The number of nitrogens with two attached hydrogens (primary N) is 1. The molecule has 0 fully saturated rings. The Kier molecular flexibility index (Phi) is 35.7. The molecule has 0 aromatic carbocycles. The van der Waals surface area contributed by atoms with Crippen molar-refractivity contribution in [2.75, 3.05) is 19.8 Å². The van der Waals surface area contributed by atoms with Crippen LogP contribution in [0, 0.1) is 0 Å². The molecule has 15 heteroatoms. The number of ether oxygens (including phenoxy) is 2. The van der Waals surface area contributed by atoms with Crippen molar-refractivity contribution in [1.82, 2.24) is 0 Å². The van der Waals surface area contributed by atoms with E-state index < -0.39 is 76.0 Å². The first-order valence-electron chi connectivity index (χ1n) is 21.3. The summed E-state index contributed by atoms with van der Waals surface area (Å²) in [5, 5.41) is 39.2. The van der Waals surface area contributed by atoms with Crippen LogP contribution in [-0.2, 0) is 37.5 Å². The Hall–Kier alpha value is -3.20. The fourth-order valence-corrected chi connectivity index (χ4v) is 6.06. The molecule has 0 radical (unpaired) electrons. The molecule has 0 heterocycles. The Balaban J connectivity index is 4.72. The highest BCUT2D eigenvalue weighted by atomic mass is 31.2. The van der Waals surface area contributed by atoms with E-state index in [2.05, 4.69) is 23.6 Å². The summed E-state index contributed by atoms with van der Waals surface area (Å²) in [7, 11) is -4.80. The normalized spacial score (nSPS) is 16.1. The molecule has 6 atom stereocenters. The first kappa shape index (κ1) is 55.8. The predicted octanol–water partition coefficient (Wildman–Crippen LogP) is 7.86. The molecule has 0 aliphatic rings. The second-order valence-corrected chi connectivity index (χ2v) is 15.8. The topological polar surface area (TPSA) is 232 Å². The zero-order valence-corrected chi connectivity index (χ0v) is 36.3. The van der Waals surface area contributed by atoms with Gasteiger partial charge in [0.2, 0.25) is 0 Å². The molecule has 0 aliphatic heterocycles. The van der Waals surface area contributed by atoms with Crippen LogP contribution in [0.25, 0.3) is 0 Å². The minimum Gasteiger partial charge on any atom is -0.480 e. The van der Waals surface area contributed by atoms with Gasteiger partial charge >= 0.3 is 25.7 Å². The van der Waals surface area contributed by atoms with Gasteiger partial charge in [0.05, 0.1) is 31.5 Å². The number of carboxylic acids is 1. The van der Waals surface area contributed by atoms with Crippen LogP contribution in [0.5, 0.6) is 0 Å². The van der Waals surface area contributed by atoms with Gasteiger partial charge in [-0.2, -0.15) is 0 Å². The van der Waals surface area contributed by atoms with Crippen LogP contribution < -0.4 is 5.73 Å². The number of esters is 2. The quantitative estimate of drug-likeness (QED) is 0.0114. The molecule has 0 aromatic heterocycles. The van der Waals surface area contributed by atoms with Gasteiger partial charge in [-0.05, 0) is 57.8 Å². The summed E-state index contributed by atoms with van der Waals surface area (Å²) < 4.78 is 32.4. The van der Waals surface area contributed by atoms with Crippen molar-refractivity contribution < 1.29 is 62.8 Å². The molecule has 0 aliphatic carbocycles. The van der Waals surface area contributed by atoms with Gasteiger partial charge < -0.3 is 40.5 Å². The van der Waals surface area contributed by atoms with Crippen molar-refractivity contribution in [3.63, 3.8) is 0 Å². The highest BCUT2D eigenvalue weighted by molar-refractivity contribution is 7.47.